The topological polar surface area (TPSA) is 57.5 Å². The molecule has 0 amide bonds. The lowest BCUT2D eigenvalue weighted by atomic mass is 9.67. The van der Waals surface area contributed by atoms with Gasteiger partial charge in [0.15, 0.2) is 0 Å². The normalized spacial score (nSPS) is 12.5. The maximum atomic E-state index is 6.92. The third-order valence-electron chi connectivity index (χ3n) is 8.07. The summed E-state index contributed by atoms with van der Waals surface area (Å²) in [7, 11) is 0. The van der Waals surface area contributed by atoms with Gasteiger partial charge >= 0.3 is 0 Å². The van der Waals surface area contributed by atoms with Crippen molar-refractivity contribution in [3.8, 4) is 0 Å². The van der Waals surface area contributed by atoms with Crippen LogP contribution in [0.3, 0.4) is 0 Å². The van der Waals surface area contributed by atoms with E-state index < -0.39 is 0 Å². The number of benzene rings is 1. The summed E-state index contributed by atoms with van der Waals surface area (Å²) in [6.07, 6.45) is 30.3. The first kappa shape index (κ1) is 34.1. The first-order valence-corrected chi connectivity index (χ1v) is 15.5. The Bertz CT molecular complexity index is 537. The highest BCUT2D eigenvalue weighted by Crippen LogP contribution is 2.38. The summed E-state index contributed by atoms with van der Waals surface area (Å²) in [5.41, 5.74) is 8.56. The van der Waals surface area contributed by atoms with Crippen LogP contribution in [-0.4, -0.2) is 11.5 Å². The molecule has 4 N–H and O–H groups in total. The van der Waals surface area contributed by atoms with Crippen LogP contribution in [0.4, 0.5) is 0 Å². The molecule has 0 saturated heterocycles. The Balaban J connectivity index is 0.0000116. The van der Waals surface area contributed by atoms with Crippen LogP contribution >= 0.6 is 0 Å². The fourth-order valence-corrected chi connectivity index (χ4v) is 6.03. The average Bonchev–Trinajstić information content (AvgIpc) is 2.86. The van der Waals surface area contributed by atoms with Crippen LogP contribution in [0.1, 0.15) is 168 Å². The summed E-state index contributed by atoms with van der Waals surface area (Å²) in [4.78, 5) is 0. The molecule has 0 spiro atoms. The Morgan fingerprint density at radius 1 is 0.543 bits per heavy atom. The average molecular weight is 490 g/mol. The van der Waals surface area contributed by atoms with Crippen LogP contribution in [-0.2, 0) is 5.41 Å². The van der Waals surface area contributed by atoms with Gasteiger partial charge in [-0.25, -0.2) is 0 Å². The maximum Gasteiger partial charge on any atom is 0.0136 e. The van der Waals surface area contributed by atoms with Crippen molar-refractivity contribution in [3.05, 3.63) is 35.9 Å². The lowest BCUT2D eigenvalue weighted by Gasteiger charge is -2.40. The first-order valence-electron chi connectivity index (χ1n) is 15.5. The van der Waals surface area contributed by atoms with Crippen molar-refractivity contribution in [1.29, 1.82) is 0 Å². The summed E-state index contributed by atoms with van der Waals surface area (Å²) in [5.74, 6) is 0. The van der Waals surface area contributed by atoms with Gasteiger partial charge in [0.1, 0.15) is 0 Å². The smallest absolute Gasteiger partial charge is 0.0136 e. The Morgan fingerprint density at radius 2 is 0.914 bits per heavy atom. The number of hydrogen-bond donors (Lipinski definition) is 1. The predicted octanol–water partition coefficient (Wildman–Crippen LogP) is 10.1. The molecule has 0 bridgehead atoms. The van der Waals surface area contributed by atoms with Crippen molar-refractivity contribution in [3.63, 3.8) is 0 Å². The quantitative estimate of drug-likeness (QED) is 0.144. The molecule has 0 saturated carbocycles. The Morgan fingerprint density at radius 3 is 1.29 bits per heavy atom. The monoisotopic (exact) mass is 489 g/mol. The van der Waals surface area contributed by atoms with Crippen LogP contribution < -0.4 is 5.73 Å². The molecule has 2 heteroatoms. The van der Waals surface area contributed by atoms with Crippen LogP contribution in [0.25, 0.3) is 0 Å². The molecule has 35 heavy (non-hydrogen) atoms. The highest BCUT2D eigenvalue weighted by atomic mass is 16.0. The molecule has 1 unspecified atom stereocenters. The second-order valence-corrected chi connectivity index (χ2v) is 11.1. The van der Waals surface area contributed by atoms with Gasteiger partial charge in [-0.05, 0) is 24.8 Å². The summed E-state index contributed by atoms with van der Waals surface area (Å²) in [6.45, 7) is 6.93. The number of unbranched alkanes of at least 4 members (excludes halogenated alkanes) is 16. The number of hydrogen-bond acceptors (Lipinski definition) is 1. The largest absolute Gasteiger partial charge is 0.412 e. The Labute approximate surface area is 220 Å². The van der Waals surface area contributed by atoms with E-state index in [2.05, 4.69) is 51.1 Å². The van der Waals surface area contributed by atoms with Gasteiger partial charge in [0.25, 0.3) is 0 Å². The minimum absolute atomic E-state index is 0. The second-order valence-electron chi connectivity index (χ2n) is 11.1. The summed E-state index contributed by atoms with van der Waals surface area (Å²) >= 11 is 0. The van der Waals surface area contributed by atoms with E-state index in [1.165, 1.54) is 147 Å². The van der Waals surface area contributed by atoms with Gasteiger partial charge in [-0.15, -0.1) is 0 Å². The van der Waals surface area contributed by atoms with Gasteiger partial charge in [0, 0.05) is 11.5 Å². The van der Waals surface area contributed by atoms with Gasteiger partial charge in [-0.2, -0.15) is 0 Å². The van der Waals surface area contributed by atoms with Crippen molar-refractivity contribution in [1.82, 2.24) is 0 Å². The molecule has 1 aromatic rings. The molecule has 0 radical (unpaired) electrons. The maximum absolute atomic E-state index is 6.92. The molecule has 0 aromatic heterocycles. The van der Waals surface area contributed by atoms with Crippen LogP contribution in [0.15, 0.2) is 30.3 Å². The molecule has 1 aromatic carbocycles. The van der Waals surface area contributed by atoms with Crippen LogP contribution in [0.5, 0.6) is 0 Å². The van der Waals surface area contributed by atoms with E-state index in [1.807, 2.05) is 0 Å². The summed E-state index contributed by atoms with van der Waals surface area (Å²) in [5, 5.41) is 0. The van der Waals surface area contributed by atoms with Crippen LogP contribution in [0.2, 0.25) is 0 Å². The SMILES string of the molecule is CCCCCCCCCCCCCCCCCCCC(N)C(CCC)(CCC)c1ccccc1.O. The lowest BCUT2D eigenvalue weighted by molar-refractivity contribution is 0.272. The molecule has 0 aliphatic rings. The van der Waals surface area contributed by atoms with Gasteiger partial charge in [-0.3, -0.25) is 0 Å². The van der Waals surface area contributed by atoms with Crippen molar-refractivity contribution < 1.29 is 5.48 Å². The minimum Gasteiger partial charge on any atom is -0.412 e. The van der Waals surface area contributed by atoms with E-state index in [0.717, 1.165) is 0 Å². The zero-order valence-electron chi connectivity index (χ0n) is 24.1. The molecule has 0 aliphatic carbocycles. The number of rotatable bonds is 24. The predicted molar refractivity (Wildman–Crippen MR) is 158 cm³/mol. The highest BCUT2D eigenvalue weighted by Gasteiger charge is 2.36. The third-order valence-corrected chi connectivity index (χ3v) is 8.07. The van der Waals surface area contributed by atoms with E-state index >= 15 is 0 Å². The van der Waals surface area contributed by atoms with Crippen molar-refractivity contribution in [2.24, 2.45) is 5.73 Å². The van der Waals surface area contributed by atoms with Gasteiger partial charge in [-0.1, -0.05) is 173 Å². The fourth-order valence-electron chi connectivity index (χ4n) is 6.03. The molecular formula is C33H63NO. The standard InChI is InChI=1S/C33H61N.H2O/c1-4-7-8-9-10-11-12-13-14-15-16-17-18-19-20-21-25-28-32(34)33(29-5-2,30-6-3)31-26-23-22-24-27-31;/h22-24,26-27,32H,4-21,25,28-30,34H2,1-3H3;1H2. The molecule has 0 fully saturated rings. The molecule has 0 aliphatic heterocycles. The van der Waals surface area contributed by atoms with E-state index in [0.29, 0.717) is 0 Å². The van der Waals surface area contributed by atoms with Gasteiger partial charge < -0.3 is 11.2 Å². The summed E-state index contributed by atoms with van der Waals surface area (Å²) < 4.78 is 0. The molecular weight excluding hydrogens is 426 g/mol. The van der Waals surface area contributed by atoms with E-state index in [9.17, 15) is 0 Å². The van der Waals surface area contributed by atoms with Gasteiger partial charge in [0.2, 0.25) is 0 Å². The molecule has 2 nitrogen and oxygen atoms in total. The van der Waals surface area contributed by atoms with Crippen molar-refractivity contribution in [2.45, 2.75) is 173 Å². The second kappa shape index (κ2) is 23.5. The lowest BCUT2D eigenvalue weighted by Crippen LogP contribution is -2.45. The minimum atomic E-state index is 0. The molecule has 0 heterocycles. The van der Waals surface area contributed by atoms with Crippen LogP contribution in [0, 0.1) is 0 Å². The zero-order chi connectivity index (χ0) is 24.7. The summed E-state index contributed by atoms with van der Waals surface area (Å²) in [6, 6.07) is 11.4. The molecule has 1 atom stereocenters. The molecule has 206 valence electrons. The van der Waals surface area contributed by atoms with E-state index in [4.69, 9.17) is 5.73 Å². The fraction of sp³-hybridized carbons (Fsp3) is 0.818. The number of nitrogens with two attached hydrogens (primary N) is 1. The van der Waals surface area contributed by atoms with Gasteiger partial charge in [0.05, 0.1) is 0 Å². The Kier molecular flexibility index (Phi) is 23.0. The van der Waals surface area contributed by atoms with E-state index in [1.54, 1.807) is 0 Å². The van der Waals surface area contributed by atoms with Crippen molar-refractivity contribution >= 4 is 0 Å². The van der Waals surface area contributed by atoms with Crippen molar-refractivity contribution in [2.75, 3.05) is 0 Å². The van der Waals surface area contributed by atoms with E-state index in [-0.39, 0.29) is 16.9 Å². The zero-order valence-corrected chi connectivity index (χ0v) is 24.1. The highest BCUT2D eigenvalue weighted by molar-refractivity contribution is 5.27. The first-order chi connectivity index (χ1) is 16.7. The molecule has 1 rings (SSSR count). The Hall–Kier alpha value is -0.860. The third kappa shape index (κ3) is 15.1.